The lowest BCUT2D eigenvalue weighted by Gasteiger charge is -2.07. The molecule has 0 spiro atoms. The van der Waals surface area contributed by atoms with Crippen LogP contribution in [0.4, 0.5) is 13.2 Å². The first-order valence-corrected chi connectivity index (χ1v) is 4.72. The van der Waals surface area contributed by atoms with Gasteiger partial charge in [-0.25, -0.2) is 4.98 Å². The van der Waals surface area contributed by atoms with Gasteiger partial charge in [0.05, 0.1) is 12.0 Å². The van der Waals surface area contributed by atoms with Crippen molar-refractivity contribution < 1.29 is 13.2 Å². The normalized spacial score (nSPS) is 12.0. The van der Waals surface area contributed by atoms with E-state index < -0.39 is 12.6 Å². The summed E-state index contributed by atoms with van der Waals surface area (Å²) in [5, 5.41) is 2.94. The Morgan fingerprint density at radius 2 is 2.20 bits per heavy atom. The summed E-state index contributed by atoms with van der Waals surface area (Å²) in [6, 6.07) is 0. The Morgan fingerprint density at radius 3 is 2.73 bits per heavy atom. The number of aryl methyl sites for hydroxylation is 1. The highest BCUT2D eigenvalue weighted by Gasteiger charge is 2.25. The maximum absolute atomic E-state index is 11.8. The zero-order valence-electron chi connectivity index (χ0n) is 8.51. The monoisotopic (exact) mass is 221 g/mol. The number of aromatic nitrogens is 2. The van der Waals surface area contributed by atoms with Gasteiger partial charge in [0.25, 0.3) is 0 Å². The molecule has 1 heterocycles. The molecule has 0 saturated heterocycles. The summed E-state index contributed by atoms with van der Waals surface area (Å²) < 4.78 is 37.2. The van der Waals surface area contributed by atoms with E-state index in [1.54, 1.807) is 12.5 Å². The molecule has 6 heteroatoms. The second-order valence-corrected chi connectivity index (χ2v) is 3.39. The van der Waals surface area contributed by atoms with Crippen molar-refractivity contribution in [3.63, 3.8) is 0 Å². The SMILES string of the molecule is Cn1cncc1CNCCCC(F)(F)F. The molecular weight excluding hydrogens is 207 g/mol. The van der Waals surface area contributed by atoms with E-state index in [1.165, 1.54) is 0 Å². The zero-order valence-corrected chi connectivity index (χ0v) is 8.51. The number of hydrogen-bond donors (Lipinski definition) is 1. The van der Waals surface area contributed by atoms with Crippen LogP contribution in [0.3, 0.4) is 0 Å². The topological polar surface area (TPSA) is 29.9 Å². The summed E-state index contributed by atoms with van der Waals surface area (Å²) in [6.45, 7) is 0.916. The third-order valence-electron chi connectivity index (χ3n) is 2.04. The molecule has 1 rings (SSSR count). The van der Waals surface area contributed by atoms with E-state index in [0.717, 1.165) is 5.69 Å². The van der Waals surface area contributed by atoms with Gasteiger partial charge in [-0.1, -0.05) is 0 Å². The lowest BCUT2D eigenvalue weighted by atomic mass is 10.3. The second-order valence-electron chi connectivity index (χ2n) is 3.39. The Morgan fingerprint density at radius 1 is 1.47 bits per heavy atom. The molecule has 0 unspecified atom stereocenters. The highest BCUT2D eigenvalue weighted by Crippen LogP contribution is 2.20. The average Bonchev–Trinajstić information content (AvgIpc) is 2.49. The Bertz CT molecular complexity index is 293. The number of alkyl halides is 3. The second kappa shape index (κ2) is 5.16. The van der Waals surface area contributed by atoms with Crippen LogP contribution in [-0.4, -0.2) is 22.3 Å². The van der Waals surface area contributed by atoms with Gasteiger partial charge in [-0.15, -0.1) is 0 Å². The van der Waals surface area contributed by atoms with Gasteiger partial charge >= 0.3 is 6.18 Å². The van der Waals surface area contributed by atoms with Crippen LogP contribution in [-0.2, 0) is 13.6 Å². The predicted molar refractivity (Wildman–Crippen MR) is 50.2 cm³/mol. The van der Waals surface area contributed by atoms with Crippen molar-refractivity contribution >= 4 is 0 Å². The Balaban J connectivity index is 2.10. The molecule has 3 nitrogen and oxygen atoms in total. The van der Waals surface area contributed by atoms with Gasteiger partial charge in [0.2, 0.25) is 0 Å². The lowest BCUT2D eigenvalue weighted by molar-refractivity contribution is -0.135. The molecule has 0 saturated carbocycles. The molecular formula is C9H14F3N3. The number of hydrogen-bond acceptors (Lipinski definition) is 2. The van der Waals surface area contributed by atoms with Crippen molar-refractivity contribution in [3.05, 3.63) is 18.2 Å². The standard InChI is InChI=1S/C9H14F3N3/c1-15-7-14-6-8(15)5-13-4-2-3-9(10,11)12/h6-7,13H,2-5H2,1H3. The molecule has 86 valence electrons. The van der Waals surface area contributed by atoms with Crippen LogP contribution < -0.4 is 5.32 Å². The van der Waals surface area contributed by atoms with E-state index in [1.807, 2.05) is 11.6 Å². The third kappa shape index (κ3) is 4.83. The summed E-state index contributed by atoms with van der Waals surface area (Å²) in [4.78, 5) is 3.90. The molecule has 0 aromatic carbocycles. The van der Waals surface area contributed by atoms with Gasteiger partial charge in [0.15, 0.2) is 0 Å². The lowest BCUT2D eigenvalue weighted by Crippen LogP contribution is -2.18. The van der Waals surface area contributed by atoms with Crippen LogP contribution in [0.2, 0.25) is 0 Å². The first-order valence-electron chi connectivity index (χ1n) is 4.72. The molecule has 0 fully saturated rings. The minimum absolute atomic E-state index is 0.112. The van der Waals surface area contributed by atoms with Crippen LogP contribution in [0, 0.1) is 0 Å². The fraction of sp³-hybridized carbons (Fsp3) is 0.667. The Kier molecular flexibility index (Phi) is 4.14. The number of nitrogens with zero attached hydrogens (tertiary/aromatic N) is 2. The van der Waals surface area contributed by atoms with Crippen LogP contribution in [0.1, 0.15) is 18.5 Å². The Labute approximate surface area is 86.3 Å². The summed E-state index contributed by atoms with van der Waals surface area (Å²) in [6.07, 6.45) is -1.32. The molecule has 0 aliphatic heterocycles. The molecule has 1 N–H and O–H groups in total. The van der Waals surface area contributed by atoms with Crippen molar-refractivity contribution in [3.8, 4) is 0 Å². The molecule has 1 aromatic rings. The first-order chi connectivity index (χ1) is 6.99. The van der Waals surface area contributed by atoms with Gasteiger partial charge in [-0.05, 0) is 13.0 Å². The maximum Gasteiger partial charge on any atom is 0.389 e. The van der Waals surface area contributed by atoms with E-state index in [4.69, 9.17) is 0 Å². The number of halogens is 3. The Hall–Kier alpha value is -1.04. The first kappa shape index (κ1) is 12.0. The minimum Gasteiger partial charge on any atom is -0.337 e. The molecule has 0 aliphatic carbocycles. The quantitative estimate of drug-likeness (QED) is 0.769. The number of nitrogens with one attached hydrogen (secondary N) is 1. The smallest absolute Gasteiger partial charge is 0.337 e. The van der Waals surface area contributed by atoms with Crippen molar-refractivity contribution in [2.75, 3.05) is 6.54 Å². The van der Waals surface area contributed by atoms with Crippen LogP contribution in [0.25, 0.3) is 0 Å². The number of rotatable bonds is 5. The molecule has 0 amide bonds. The summed E-state index contributed by atoms with van der Waals surface area (Å²) in [5.41, 5.74) is 0.960. The van der Waals surface area contributed by atoms with E-state index in [0.29, 0.717) is 13.1 Å². The average molecular weight is 221 g/mol. The fourth-order valence-electron chi connectivity index (χ4n) is 1.19. The molecule has 0 bridgehead atoms. The number of imidazole rings is 1. The summed E-state index contributed by atoms with van der Waals surface area (Å²) >= 11 is 0. The van der Waals surface area contributed by atoms with E-state index in [-0.39, 0.29) is 6.42 Å². The van der Waals surface area contributed by atoms with Crippen molar-refractivity contribution in [2.24, 2.45) is 7.05 Å². The zero-order chi connectivity index (χ0) is 11.3. The van der Waals surface area contributed by atoms with E-state index in [9.17, 15) is 13.2 Å². The molecule has 0 aliphatic rings. The van der Waals surface area contributed by atoms with Gasteiger partial charge < -0.3 is 9.88 Å². The van der Waals surface area contributed by atoms with E-state index >= 15 is 0 Å². The third-order valence-corrected chi connectivity index (χ3v) is 2.04. The van der Waals surface area contributed by atoms with Crippen molar-refractivity contribution in [1.82, 2.24) is 14.9 Å². The minimum atomic E-state index is -4.05. The predicted octanol–water partition coefficient (Wildman–Crippen LogP) is 1.85. The maximum atomic E-state index is 11.8. The largest absolute Gasteiger partial charge is 0.389 e. The van der Waals surface area contributed by atoms with Crippen LogP contribution >= 0.6 is 0 Å². The highest BCUT2D eigenvalue weighted by atomic mass is 19.4. The van der Waals surface area contributed by atoms with E-state index in [2.05, 4.69) is 10.3 Å². The highest BCUT2D eigenvalue weighted by molar-refractivity contribution is 4.96. The van der Waals surface area contributed by atoms with Crippen molar-refractivity contribution in [1.29, 1.82) is 0 Å². The molecule has 0 atom stereocenters. The molecule has 1 aromatic heterocycles. The molecule has 0 radical (unpaired) electrons. The summed E-state index contributed by atoms with van der Waals surface area (Å²) in [7, 11) is 1.85. The molecule has 15 heavy (non-hydrogen) atoms. The van der Waals surface area contributed by atoms with Gasteiger partial charge in [0.1, 0.15) is 0 Å². The van der Waals surface area contributed by atoms with Crippen molar-refractivity contribution in [2.45, 2.75) is 25.6 Å². The fourth-order valence-corrected chi connectivity index (χ4v) is 1.19. The van der Waals surface area contributed by atoms with Crippen LogP contribution in [0.5, 0.6) is 0 Å². The summed E-state index contributed by atoms with van der Waals surface area (Å²) in [5.74, 6) is 0. The van der Waals surface area contributed by atoms with Gasteiger partial charge in [0, 0.05) is 26.2 Å². The van der Waals surface area contributed by atoms with Crippen LogP contribution in [0.15, 0.2) is 12.5 Å². The van der Waals surface area contributed by atoms with Gasteiger partial charge in [-0.3, -0.25) is 0 Å². The van der Waals surface area contributed by atoms with Gasteiger partial charge in [-0.2, -0.15) is 13.2 Å².